The fourth-order valence-corrected chi connectivity index (χ4v) is 2.90. The van der Waals surface area contributed by atoms with E-state index in [1.54, 1.807) is 0 Å². The van der Waals surface area contributed by atoms with Gasteiger partial charge in [0.2, 0.25) is 5.91 Å². The summed E-state index contributed by atoms with van der Waals surface area (Å²) in [6.45, 7) is 2.05. The van der Waals surface area contributed by atoms with E-state index in [4.69, 9.17) is 5.73 Å². The second-order valence-electron chi connectivity index (χ2n) is 5.68. The highest BCUT2D eigenvalue weighted by atomic mass is 16.1. The highest BCUT2D eigenvalue weighted by Crippen LogP contribution is 2.38. The van der Waals surface area contributed by atoms with Crippen LogP contribution in [0.5, 0.6) is 0 Å². The van der Waals surface area contributed by atoms with Crippen molar-refractivity contribution in [1.29, 1.82) is 0 Å². The van der Waals surface area contributed by atoms with Gasteiger partial charge in [0.1, 0.15) is 0 Å². The molecule has 1 amide bonds. The summed E-state index contributed by atoms with van der Waals surface area (Å²) in [7, 11) is 0. The molecule has 1 aromatic rings. The minimum absolute atomic E-state index is 0.169. The van der Waals surface area contributed by atoms with Gasteiger partial charge in [0, 0.05) is 11.6 Å². The Morgan fingerprint density at radius 1 is 1.39 bits per heavy atom. The molecule has 96 valence electrons. The molecule has 1 aromatic carbocycles. The maximum Gasteiger partial charge on any atom is 0.223 e. The molecule has 0 spiro atoms. The van der Waals surface area contributed by atoms with Crippen molar-refractivity contribution in [3.63, 3.8) is 0 Å². The molecule has 3 heteroatoms. The van der Waals surface area contributed by atoms with Crippen LogP contribution in [0.15, 0.2) is 18.2 Å². The Kier molecular flexibility index (Phi) is 2.77. The van der Waals surface area contributed by atoms with Crippen LogP contribution < -0.4 is 11.1 Å². The van der Waals surface area contributed by atoms with Gasteiger partial charge in [0.25, 0.3) is 0 Å². The van der Waals surface area contributed by atoms with E-state index in [9.17, 15) is 4.79 Å². The van der Waals surface area contributed by atoms with Crippen LogP contribution in [0.3, 0.4) is 0 Å². The molecule has 3 rings (SSSR count). The van der Waals surface area contributed by atoms with Crippen LogP contribution in [0.4, 0.5) is 5.69 Å². The molecule has 1 saturated carbocycles. The zero-order chi connectivity index (χ0) is 12.7. The van der Waals surface area contributed by atoms with E-state index in [2.05, 4.69) is 11.4 Å². The van der Waals surface area contributed by atoms with Gasteiger partial charge in [-0.2, -0.15) is 0 Å². The van der Waals surface area contributed by atoms with Crippen molar-refractivity contribution in [2.45, 2.75) is 38.6 Å². The Hall–Kier alpha value is -1.51. The number of nitrogens with two attached hydrogens (primary N) is 1. The number of fused-ring (bicyclic) bond motifs is 1. The largest absolute Gasteiger partial charge is 0.399 e. The number of nitrogens with one attached hydrogen (secondary N) is 1. The molecule has 2 atom stereocenters. The first-order valence-electron chi connectivity index (χ1n) is 6.84. The van der Waals surface area contributed by atoms with E-state index < -0.39 is 0 Å². The Balaban J connectivity index is 1.70. The standard InChI is InChI=1S/C15H20N2O/c1-9(10-2-3-10)15(18)17-14-7-4-11-8-12(16)5-6-13(11)14/h5-6,8-10,14H,2-4,7,16H2,1H3,(H,17,18). The third-order valence-electron chi connectivity index (χ3n) is 4.30. The zero-order valence-electron chi connectivity index (χ0n) is 10.8. The highest BCUT2D eigenvalue weighted by molar-refractivity contribution is 5.79. The smallest absolute Gasteiger partial charge is 0.223 e. The molecule has 0 aromatic heterocycles. The molecule has 1 fully saturated rings. The van der Waals surface area contributed by atoms with Gasteiger partial charge in [-0.1, -0.05) is 13.0 Å². The monoisotopic (exact) mass is 244 g/mol. The predicted octanol–water partition coefficient (Wildman–Crippen LogP) is 2.42. The summed E-state index contributed by atoms with van der Waals surface area (Å²) in [5.74, 6) is 1.01. The summed E-state index contributed by atoms with van der Waals surface area (Å²) in [6, 6.07) is 6.21. The first kappa shape index (κ1) is 11.6. The molecule has 2 unspecified atom stereocenters. The Morgan fingerprint density at radius 3 is 2.89 bits per heavy atom. The molecule has 2 aliphatic rings. The van der Waals surface area contributed by atoms with Crippen molar-refractivity contribution in [2.24, 2.45) is 11.8 Å². The third-order valence-corrected chi connectivity index (χ3v) is 4.30. The van der Waals surface area contributed by atoms with Crippen LogP contribution in [0.1, 0.15) is 43.4 Å². The summed E-state index contributed by atoms with van der Waals surface area (Å²) >= 11 is 0. The molecular weight excluding hydrogens is 224 g/mol. The van der Waals surface area contributed by atoms with Crippen molar-refractivity contribution in [3.8, 4) is 0 Å². The van der Waals surface area contributed by atoms with Gasteiger partial charge in [0.05, 0.1) is 6.04 Å². The first-order valence-corrected chi connectivity index (χ1v) is 6.84. The molecule has 2 aliphatic carbocycles. The van der Waals surface area contributed by atoms with E-state index >= 15 is 0 Å². The first-order chi connectivity index (χ1) is 8.65. The lowest BCUT2D eigenvalue weighted by atomic mass is 10.0. The third kappa shape index (κ3) is 2.09. The van der Waals surface area contributed by atoms with Crippen LogP contribution in [-0.2, 0) is 11.2 Å². The highest BCUT2D eigenvalue weighted by Gasteiger charge is 2.34. The van der Waals surface area contributed by atoms with E-state index in [0.717, 1.165) is 18.5 Å². The molecule has 0 saturated heterocycles. The average Bonchev–Trinajstić information content (AvgIpc) is 3.12. The van der Waals surface area contributed by atoms with Crippen molar-refractivity contribution in [1.82, 2.24) is 5.32 Å². The molecule has 0 aliphatic heterocycles. The molecule has 3 nitrogen and oxygen atoms in total. The number of rotatable bonds is 3. The van der Waals surface area contributed by atoms with Gasteiger partial charge in [-0.25, -0.2) is 0 Å². The summed E-state index contributed by atoms with van der Waals surface area (Å²) in [6.07, 6.45) is 4.45. The number of carbonyl (C=O) groups excluding carboxylic acids is 1. The van der Waals surface area contributed by atoms with E-state index in [0.29, 0.717) is 5.92 Å². The number of aryl methyl sites for hydroxylation is 1. The molecule has 3 N–H and O–H groups in total. The van der Waals surface area contributed by atoms with E-state index in [1.807, 2.05) is 19.1 Å². The second kappa shape index (κ2) is 4.30. The van der Waals surface area contributed by atoms with Gasteiger partial charge in [-0.05, 0) is 54.9 Å². The predicted molar refractivity (Wildman–Crippen MR) is 71.9 cm³/mol. The lowest BCUT2D eigenvalue weighted by Gasteiger charge is -2.17. The number of anilines is 1. The number of carbonyl (C=O) groups is 1. The quantitative estimate of drug-likeness (QED) is 0.802. The fourth-order valence-electron chi connectivity index (χ4n) is 2.90. The Bertz CT molecular complexity index is 479. The summed E-state index contributed by atoms with van der Waals surface area (Å²) in [5, 5.41) is 3.20. The van der Waals surface area contributed by atoms with Crippen molar-refractivity contribution < 1.29 is 4.79 Å². The molecule has 18 heavy (non-hydrogen) atoms. The number of amides is 1. The topological polar surface area (TPSA) is 55.1 Å². The number of hydrogen-bond donors (Lipinski definition) is 2. The van der Waals surface area contributed by atoms with Crippen LogP contribution >= 0.6 is 0 Å². The number of hydrogen-bond acceptors (Lipinski definition) is 2. The Labute approximate surface area is 108 Å². The zero-order valence-corrected chi connectivity index (χ0v) is 10.8. The normalized spacial score (nSPS) is 23.5. The van der Waals surface area contributed by atoms with Crippen molar-refractivity contribution in [3.05, 3.63) is 29.3 Å². The SMILES string of the molecule is CC(C(=O)NC1CCc2cc(N)ccc21)C1CC1. The van der Waals surface area contributed by atoms with Gasteiger partial charge in [-0.15, -0.1) is 0 Å². The van der Waals surface area contributed by atoms with E-state index in [1.165, 1.54) is 24.0 Å². The van der Waals surface area contributed by atoms with Crippen LogP contribution in [0.25, 0.3) is 0 Å². The minimum Gasteiger partial charge on any atom is -0.399 e. The van der Waals surface area contributed by atoms with Crippen LogP contribution in [0, 0.1) is 11.8 Å². The second-order valence-corrected chi connectivity index (χ2v) is 5.68. The summed E-state index contributed by atoms with van der Waals surface area (Å²) < 4.78 is 0. The summed E-state index contributed by atoms with van der Waals surface area (Å²) in [5.41, 5.74) is 9.14. The number of nitrogen functional groups attached to an aromatic ring is 1. The van der Waals surface area contributed by atoms with Crippen molar-refractivity contribution >= 4 is 11.6 Å². The lowest BCUT2D eigenvalue weighted by Crippen LogP contribution is -2.32. The molecule has 0 radical (unpaired) electrons. The minimum atomic E-state index is 0.169. The van der Waals surface area contributed by atoms with Gasteiger partial charge < -0.3 is 11.1 Å². The molecule has 0 bridgehead atoms. The lowest BCUT2D eigenvalue weighted by molar-refractivity contribution is -0.125. The Morgan fingerprint density at radius 2 is 2.17 bits per heavy atom. The van der Waals surface area contributed by atoms with Crippen LogP contribution in [0.2, 0.25) is 0 Å². The maximum atomic E-state index is 12.1. The summed E-state index contributed by atoms with van der Waals surface area (Å²) in [4.78, 5) is 12.1. The van der Waals surface area contributed by atoms with Crippen LogP contribution in [-0.4, -0.2) is 5.91 Å². The van der Waals surface area contributed by atoms with Crippen molar-refractivity contribution in [2.75, 3.05) is 5.73 Å². The number of benzene rings is 1. The molecular formula is C15H20N2O. The average molecular weight is 244 g/mol. The molecule has 0 heterocycles. The fraction of sp³-hybridized carbons (Fsp3) is 0.533. The van der Waals surface area contributed by atoms with E-state index in [-0.39, 0.29) is 17.9 Å². The van der Waals surface area contributed by atoms with Gasteiger partial charge in [-0.3, -0.25) is 4.79 Å². The van der Waals surface area contributed by atoms with Gasteiger partial charge >= 0.3 is 0 Å². The maximum absolute atomic E-state index is 12.1. The van der Waals surface area contributed by atoms with Gasteiger partial charge in [0.15, 0.2) is 0 Å².